The van der Waals surface area contributed by atoms with Gasteiger partial charge in [0, 0.05) is 24.8 Å². The van der Waals surface area contributed by atoms with Crippen molar-refractivity contribution in [3.8, 4) is 0 Å². The van der Waals surface area contributed by atoms with Crippen LogP contribution in [0.4, 0.5) is 10.1 Å². The van der Waals surface area contributed by atoms with E-state index in [1.165, 1.54) is 0 Å². The lowest BCUT2D eigenvalue weighted by Gasteiger charge is -2.31. The standard InChI is InChI=1S/C18H31FN2/c1-5-8-10-21(15(4)7-3)18-12-16(11-17(19)13-18)14-20-9-6-2/h11-13,15,20H,5-10,14H2,1-4H3. The third kappa shape index (κ3) is 6.04. The number of benzene rings is 1. The molecule has 0 aliphatic carbocycles. The third-order valence-corrected chi connectivity index (χ3v) is 3.91. The highest BCUT2D eigenvalue weighted by Crippen LogP contribution is 2.22. The van der Waals surface area contributed by atoms with E-state index in [4.69, 9.17) is 0 Å². The van der Waals surface area contributed by atoms with Gasteiger partial charge in [-0.3, -0.25) is 0 Å². The number of rotatable bonds is 10. The minimum atomic E-state index is -0.134. The molecule has 0 aromatic heterocycles. The van der Waals surface area contributed by atoms with Crippen LogP contribution in [0.5, 0.6) is 0 Å². The van der Waals surface area contributed by atoms with Crippen LogP contribution < -0.4 is 10.2 Å². The highest BCUT2D eigenvalue weighted by atomic mass is 19.1. The zero-order chi connectivity index (χ0) is 15.7. The maximum atomic E-state index is 13.9. The summed E-state index contributed by atoms with van der Waals surface area (Å²) in [5, 5.41) is 3.35. The second kappa shape index (κ2) is 9.78. The van der Waals surface area contributed by atoms with Gasteiger partial charge in [0.05, 0.1) is 0 Å². The summed E-state index contributed by atoms with van der Waals surface area (Å²) in [6.45, 7) is 11.4. The summed E-state index contributed by atoms with van der Waals surface area (Å²) >= 11 is 0. The van der Waals surface area contributed by atoms with Crippen molar-refractivity contribution in [1.29, 1.82) is 0 Å². The van der Waals surface area contributed by atoms with E-state index in [1.54, 1.807) is 12.1 Å². The number of nitrogens with one attached hydrogen (secondary N) is 1. The molecule has 0 aliphatic heterocycles. The van der Waals surface area contributed by atoms with Gasteiger partial charge in [-0.05, 0) is 56.5 Å². The molecule has 0 heterocycles. The summed E-state index contributed by atoms with van der Waals surface area (Å²) in [7, 11) is 0. The van der Waals surface area contributed by atoms with E-state index in [9.17, 15) is 4.39 Å². The molecule has 21 heavy (non-hydrogen) atoms. The summed E-state index contributed by atoms with van der Waals surface area (Å²) in [4.78, 5) is 2.34. The van der Waals surface area contributed by atoms with E-state index >= 15 is 0 Å². The minimum Gasteiger partial charge on any atom is -0.369 e. The van der Waals surface area contributed by atoms with Crippen LogP contribution in [0.2, 0.25) is 0 Å². The van der Waals surface area contributed by atoms with Gasteiger partial charge in [-0.2, -0.15) is 0 Å². The van der Waals surface area contributed by atoms with Gasteiger partial charge in [0.15, 0.2) is 0 Å². The summed E-state index contributed by atoms with van der Waals surface area (Å²) in [5.74, 6) is -0.134. The molecule has 1 N–H and O–H groups in total. The maximum absolute atomic E-state index is 13.9. The molecular formula is C18H31FN2. The maximum Gasteiger partial charge on any atom is 0.125 e. The smallest absolute Gasteiger partial charge is 0.125 e. The van der Waals surface area contributed by atoms with E-state index in [-0.39, 0.29) is 5.82 Å². The number of unbranched alkanes of at least 4 members (excludes halogenated alkanes) is 1. The normalized spacial score (nSPS) is 12.4. The van der Waals surface area contributed by atoms with Crippen LogP contribution in [0.3, 0.4) is 0 Å². The molecular weight excluding hydrogens is 263 g/mol. The highest BCUT2D eigenvalue weighted by Gasteiger charge is 2.14. The van der Waals surface area contributed by atoms with Gasteiger partial charge in [-0.1, -0.05) is 27.2 Å². The Morgan fingerprint density at radius 2 is 1.90 bits per heavy atom. The molecule has 0 amide bonds. The van der Waals surface area contributed by atoms with Gasteiger partial charge in [0.2, 0.25) is 0 Å². The van der Waals surface area contributed by atoms with Crippen molar-refractivity contribution in [3.63, 3.8) is 0 Å². The monoisotopic (exact) mass is 294 g/mol. The Morgan fingerprint density at radius 1 is 1.14 bits per heavy atom. The lowest BCUT2D eigenvalue weighted by atomic mass is 10.1. The van der Waals surface area contributed by atoms with Gasteiger partial charge < -0.3 is 10.2 Å². The van der Waals surface area contributed by atoms with Crippen LogP contribution in [0.25, 0.3) is 0 Å². The molecule has 2 nitrogen and oxygen atoms in total. The molecule has 0 bridgehead atoms. The molecule has 0 saturated heterocycles. The lowest BCUT2D eigenvalue weighted by molar-refractivity contribution is 0.586. The highest BCUT2D eigenvalue weighted by molar-refractivity contribution is 5.50. The predicted octanol–water partition coefficient (Wildman–Crippen LogP) is 4.73. The second-order valence-electron chi connectivity index (χ2n) is 5.80. The molecule has 1 unspecified atom stereocenters. The molecule has 1 atom stereocenters. The lowest BCUT2D eigenvalue weighted by Crippen LogP contribution is -2.33. The van der Waals surface area contributed by atoms with Crippen molar-refractivity contribution in [2.24, 2.45) is 0 Å². The minimum absolute atomic E-state index is 0.134. The van der Waals surface area contributed by atoms with Crippen LogP contribution in [-0.4, -0.2) is 19.1 Å². The number of hydrogen-bond acceptors (Lipinski definition) is 2. The van der Waals surface area contributed by atoms with Crippen LogP contribution in [0.1, 0.15) is 58.9 Å². The van der Waals surface area contributed by atoms with Gasteiger partial charge in [-0.15, -0.1) is 0 Å². The van der Waals surface area contributed by atoms with Crippen molar-refractivity contribution in [3.05, 3.63) is 29.6 Å². The Kier molecular flexibility index (Phi) is 8.36. The number of nitrogens with zero attached hydrogens (tertiary/aromatic N) is 1. The fourth-order valence-electron chi connectivity index (χ4n) is 2.46. The Labute approximate surface area is 129 Å². The summed E-state index contributed by atoms with van der Waals surface area (Å²) in [5.41, 5.74) is 2.05. The average Bonchev–Trinajstić information content (AvgIpc) is 2.47. The quantitative estimate of drug-likeness (QED) is 0.628. The number of hydrogen-bond donors (Lipinski definition) is 1. The number of halogens is 1. The molecule has 3 heteroatoms. The van der Waals surface area contributed by atoms with Gasteiger partial charge in [-0.25, -0.2) is 4.39 Å². The van der Waals surface area contributed by atoms with E-state index < -0.39 is 0 Å². The summed E-state index contributed by atoms with van der Waals surface area (Å²) in [6.07, 6.45) is 4.47. The Balaban J connectivity index is 2.90. The topological polar surface area (TPSA) is 15.3 Å². The summed E-state index contributed by atoms with van der Waals surface area (Å²) < 4.78 is 13.9. The fourth-order valence-corrected chi connectivity index (χ4v) is 2.46. The first-order valence-electron chi connectivity index (χ1n) is 8.39. The SMILES string of the molecule is CCCCN(c1cc(F)cc(CNCCC)c1)C(C)CC. The van der Waals surface area contributed by atoms with Crippen LogP contribution in [0.15, 0.2) is 18.2 Å². The molecule has 0 fully saturated rings. The van der Waals surface area contributed by atoms with Crippen molar-refractivity contribution < 1.29 is 4.39 Å². The zero-order valence-corrected chi connectivity index (χ0v) is 14.1. The van der Waals surface area contributed by atoms with Gasteiger partial charge >= 0.3 is 0 Å². The fraction of sp³-hybridized carbons (Fsp3) is 0.667. The van der Waals surface area contributed by atoms with Crippen LogP contribution >= 0.6 is 0 Å². The molecule has 0 spiro atoms. The van der Waals surface area contributed by atoms with Crippen molar-refractivity contribution in [1.82, 2.24) is 5.32 Å². The molecule has 1 rings (SSSR count). The van der Waals surface area contributed by atoms with E-state index in [0.29, 0.717) is 6.04 Å². The van der Waals surface area contributed by atoms with Crippen molar-refractivity contribution in [2.75, 3.05) is 18.0 Å². The molecule has 0 saturated carbocycles. The van der Waals surface area contributed by atoms with Crippen LogP contribution in [-0.2, 0) is 6.54 Å². The van der Waals surface area contributed by atoms with Crippen molar-refractivity contribution >= 4 is 5.69 Å². The van der Waals surface area contributed by atoms with E-state index in [1.807, 2.05) is 0 Å². The second-order valence-corrected chi connectivity index (χ2v) is 5.80. The van der Waals surface area contributed by atoms with E-state index in [0.717, 1.165) is 56.6 Å². The molecule has 0 radical (unpaired) electrons. The first kappa shape index (κ1) is 18.0. The van der Waals surface area contributed by atoms with Crippen LogP contribution in [0, 0.1) is 5.82 Å². The molecule has 120 valence electrons. The van der Waals surface area contributed by atoms with Gasteiger partial charge in [0.25, 0.3) is 0 Å². The molecule has 1 aromatic rings. The third-order valence-electron chi connectivity index (χ3n) is 3.91. The van der Waals surface area contributed by atoms with Gasteiger partial charge in [0.1, 0.15) is 5.82 Å². The van der Waals surface area contributed by atoms with E-state index in [2.05, 4.69) is 44.0 Å². The van der Waals surface area contributed by atoms with Crippen molar-refractivity contribution in [2.45, 2.75) is 66.0 Å². The Bertz CT molecular complexity index is 406. The zero-order valence-electron chi connectivity index (χ0n) is 14.1. The average molecular weight is 294 g/mol. The Morgan fingerprint density at radius 3 is 2.52 bits per heavy atom. The predicted molar refractivity (Wildman–Crippen MR) is 90.4 cm³/mol. The Hall–Kier alpha value is -1.09. The first-order chi connectivity index (χ1) is 10.1. The largest absolute Gasteiger partial charge is 0.369 e. The summed E-state index contributed by atoms with van der Waals surface area (Å²) in [6, 6.07) is 5.88. The molecule has 0 aliphatic rings. The first-order valence-corrected chi connectivity index (χ1v) is 8.39. The number of anilines is 1. The molecule has 1 aromatic carbocycles.